The quantitative estimate of drug-likeness (QED) is 0.770. The number of H-pyrrole nitrogens is 1. The number of aromatic amines is 1. The van der Waals surface area contributed by atoms with Crippen molar-refractivity contribution in [2.75, 3.05) is 0 Å². The largest absolute Gasteiger partial charge is 0.344 e. The SMILES string of the molecule is Cc1nc(C(=O)N[C@H](C)c2ccc(-c3ccccc3)cc2)cc(=O)[nH]1. The number of aryl methyl sites for hydroxylation is 1. The van der Waals surface area contributed by atoms with Crippen LogP contribution < -0.4 is 10.9 Å². The van der Waals surface area contributed by atoms with Crippen molar-refractivity contribution in [2.45, 2.75) is 19.9 Å². The van der Waals surface area contributed by atoms with E-state index in [9.17, 15) is 9.59 Å². The van der Waals surface area contributed by atoms with Gasteiger partial charge in [-0.1, -0.05) is 54.6 Å². The van der Waals surface area contributed by atoms with Gasteiger partial charge in [0.2, 0.25) is 0 Å². The van der Waals surface area contributed by atoms with E-state index in [2.05, 4.69) is 27.4 Å². The molecule has 0 aliphatic heterocycles. The Bertz CT molecular complexity index is 931. The van der Waals surface area contributed by atoms with Gasteiger partial charge in [-0.25, -0.2) is 4.98 Å². The molecule has 0 radical (unpaired) electrons. The van der Waals surface area contributed by atoms with Crippen LogP contribution in [0.15, 0.2) is 65.5 Å². The first-order chi connectivity index (χ1) is 12.0. The standard InChI is InChI=1S/C20H19N3O2/c1-13(21-20(25)18-12-19(24)23-14(2)22-18)15-8-10-17(11-9-15)16-6-4-3-5-7-16/h3-13H,1-2H3,(H,21,25)(H,22,23,24)/t13-/m1/s1. The molecule has 0 spiro atoms. The zero-order chi connectivity index (χ0) is 17.8. The normalized spacial score (nSPS) is 11.8. The fourth-order valence-electron chi connectivity index (χ4n) is 2.64. The van der Waals surface area contributed by atoms with Crippen molar-refractivity contribution in [3.8, 4) is 11.1 Å². The maximum absolute atomic E-state index is 12.3. The minimum atomic E-state index is -0.367. The third-order valence-corrected chi connectivity index (χ3v) is 3.96. The molecular formula is C20H19N3O2. The minimum Gasteiger partial charge on any atom is -0.344 e. The number of benzene rings is 2. The predicted octanol–water partition coefficient (Wildman–Crippen LogP) is 3.24. The molecule has 0 unspecified atom stereocenters. The lowest BCUT2D eigenvalue weighted by Crippen LogP contribution is -2.29. The molecule has 1 atom stereocenters. The molecular weight excluding hydrogens is 314 g/mol. The Hall–Kier alpha value is -3.21. The number of hydrogen-bond donors (Lipinski definition) is 2. The smallest absolute Gasteiger partial charge is 0.270 e. The Morgan fingerprint density at radius 3 is 2.32 bits per heavy atom. The van der Waals surface area contributed by atoms with E-state index in [1.54, 1.807) is 6.92 Å². The monoisotopic (exact) mass is 333 g/mol. The van der Waals surface area contributed by atoms with Gasteiger partial charge in [-0.05, 0) is 30.5 Å². The number of amides is 1. The van der Waals surface area contributed by atoms with Gasteiger partial charge in [0.25, 0.3) is 11.5 Å². The molecule has 0 aliphatic carbocycles. The minimum absolute atomic E-state index is 0.119. The van der Waals surface area contributed by atoms with Gasteiger partial charge in [0, 0.05) is 6.07 Å². The highest BCUT2D eigenvalue weighted by Crippen LogP contribution is 2.21. The molecule has 3 aromatic rings. The summed E-state index contributed by atoms with van der Waals surface area (Å²) in [5.74, 6) is 0.0475. The van der Waals surface area contributed by atoms with E-state index in [1.165, 1.54) is 6.07 Å². The van der Waals surface area contributed by atoms with Crippen LogP contribution in [0.2, 0.25) is 0 Å². The van der Waals surface area contributed by atoms with E-state index in [4.69, 9.17) is 0 Å². The van der Waals surface area contributed by atoms with Gasteiger partial charge in [-0.3, -0.25) is 9.59 Å². The molecule has 0 aliphatic rings. The Kier molecular flexibility index (Phi) is 4.75. The molecule has 5 nitrogen and oxygen atoms in total. The molecule has 0 saturated heterocycles. The van der Waals surface area contributed by atoms with Crippen LogP contribution in [0.3, 0.4) is 0 Å². The Morgan fingerprint density at radius 1 is 1.04 bits per heavy atom. The summed E-state index contributed by atoms with van der Waals surface area (Å²) in [5.41, 5.74) is 3.03. The molecule has 126 valence electrons. The van der Waals surface area contributed by atoms with Gasteiger partial charge >= 0.3 is 0 Å². The summed E-state index contributed by atoms with van der Waals surface area (Å²) in [5, 5.41) is 2.87. The predicted molar refractivity (Wildman–Crippen MR) is 97.4 cm³/mol. The zero-order valence-corrected chi connectivity index (χ0v) is 14.1. The lowest BCUT2D eigenvalue weighted by Gasteiger charge is -2.15. The summed E-state index contributed by atoms with van der Waals surface area (Å²) in [6.07, 6.45) is 0. The topological polar surface area (TPSA) is 74.8 Å². The van der Waals surface area contributed by atoms with Crippen molar-refractivity contribution >= 4 is 5.91 Å². The second-order valence-electron chi connectivity index (χ2n) is 5.90. The molecule has 5 heteroatoms. The van der Waals surface area contributed by atoms with E-state index >= 15 is 0 Å². The van der Waals surface area contributed by atoms with Crippen molar-refractivity contribution in [3.63, 3.8) is 0 Å². The third kappa shape index (κ3) is 4.01. The molecule has 0 bridgehead atoms. The number of rotatable bonds is 4. The van der Waals surface area contributed by atoms with Crippen molar-refractivity contribution in [2.24, 2.45) is 0 Å². The van der Waals surface area contributed by atoms with Crippen molar-refractivity contribution in [1.82, 2.24) is 15.3 Å². The second-order valence-corrected chi connectivity index (χ2v) is 5.90. The van der Waals surface area contributed by atoms with Crippen LogP contribution in [0.25, 0.3) is 11.1 Å². The highest BCUT2D eigenvalue weighted by atomic mass is 16.2. The van der Waals surface area contributed by atoms with Crippen LogP contribution in [-0.4, -0.2) is 15.9 Å². The molecule has 0 fully saturated rings. The average molecular weight is 333 g/mol. The molecule has 1 amide bonds. The molecule has 2 aromatic carbocycles. The highest BCUT2D eigenvalue weighted by Gasteiger charge is 2.13. The first-order valence-corrected chi connectivity index (χ1v) is 8.07. The van der Waals surface area contributed by atoms with Gasteiger partial charge in [0.1, 0.15) is 11.5 Å². The Balaban J connectivity index is 1.73. The van der Waals surface area contributed by atoms with Crippen LogP contribution in [0.5, 0.6) is 0 Å². The average Bonchev–Trinajstić information content (AvgIpc) is 2.61. The van der Waals surface area contributed by atoms with E-state index in [0.29, 0.717) is 5.82 Å². The highest BCUT2D eigenvalue weighted by molar-refractivity contribution is 5.92. The van der Waals surface area contributed by atoms with E-state index in [-0.39, 0.29) is 23.2 Å². The van der Waals surface area contributed by atoms with Gasteiger partial charge in [-0.15, -0.1) is 0 Å². The zero-order valence-electron chi connectivity index (χ0n) is 14.1. The number of hydrogen-bond acceptors (Lipinski definition) is 3. The molecule has 2 N–H and O–H groups in total. The Morgan fingerprint density at radius 2 is 1.68 bits per heavy atom. The number of carbonyl (C=O) groups is 1. The fourth-order valence-corrected chi connectivity index (χ4v) is 2.64. The number of nitrogens with one attached hydrogen (secondary N) is 2. The Labute approximate surface area is 145 Å². The van der Waals surface area contributed by atoms with E-state index in [0.717, 1.165) is 16.7 Å². The molecule has 0 saturated carbocycles. The first kappa shape index (κ1) is 16.6. The van der Waals surface area contributed by atoms with Crippen molar-refractivity contribution < 1.29 is 4.79 Å². The van der Waals surface area contributed by atoms with Gasteiger partial charge in [0.15, 0.2) is 0 Å². The molecule has 1 aromatic heterocycles. The first-order valence-electron chi connectivity index (χ1n) is 8.07. The van der Waals surface area contributed by atoms with E-state index < -0.39 is 0 Å². The van der Waals surface area contributed by atoms with Crippen LogP contribution in [0, 0.1) is 6.92 Å². The molecule has 1 heterocycles. The maximum atomic E-state index is 12.3. The summed E-state index contributed by atoms with van der Waals surface area (Å²) < 4.78 is 0. The van der Waals surface area contributed by atoms with Gasteiger partial charge in [-0.2, -0.15) is 0 Å². The third-order valence-electron chi connectivity index (χ3n) is 3.96. The maximum Gasteiger partial charge on any atom is 0.270 e. The van der Waals surface area contributed by atoms with Crippen molar-refractivity contribution in [1.29, 1.82) is 0 Å². The lowest BCUT2D eigenvalue weighted by molar-refractivity contribution is 0.0934. The van der Waals surface area contributed by atoms with Crippen LogP contribution in [0.1, 0.15) is 34.8 Å². The summed E-state index contributed by atoms with van der Waals surface area (Å²) in [4.78, 5) is 30.4. The van der Waals surface area contributed by atoms with Crippen LogP contribution in [0.4, 0.5) is 0 Å². The van der Waals surface area contributed by atoms with Gasteiger partial charge < -0.3 is 10.3 Å². The summed E-state index contributed by atoms with van der Waals surface area (Å²) in [7, 11) is 0. The lowest BCUT2D eigenvalue weighted by atomic mass is 10.0. The van der Waals surface area contributed by atoms with Gasteiger partial charge in [0.05, 0.1) is 6.04 Å². The van der Waals surface area contributed by atoms with Crippen LogP contribution in [-0.2, 0) is 0 Å². The number of nitrogens with zero attached hydrogens (tertiary/aromatic N) is 1. The van der Waals surface area contributed by atoms with Crippen LogP contribution >= 0.6 is 0 Å². The summed E-state index contributed by atoms with van der Waals surface area (Å²) >= 11 is 0. The number of aromatic nitrogens is 2. The second kappa shape index (κ2) is 7.13. The van der Waals surface area contributed by atoms with Crippen molar-refractivity contribution in [3.05, 3.63) is 88.1 Å². The summed E-state index contributed by atoms with van der Waals surface area (Å²) in [6.45, 7) is 3.54. The fraction of sp³-hybridized carbons (Fsp3) is 0.150. The molecule has 3 rings (SSSR count). The summed E-state index contributed by atoms with van der Waals surface area (Å²) in [6, 6.07) is 19.2. The van der Waals surface area contributed by atoms with E-state index in [1.807, 2.05) is 49.4 Å². The number of carbonyl (C=O) groups excluding carboxylic acids is 1. The molecule has 25 heavy (non-hydrogen) atoms.